The Hall–Kier alpha value is -3.93. The zero-order chi connectivity index (χ0) is 21.5. The van der Waals surface area contributed by atoms with Gasteiger partial charge in [0.05, 0.1) is 34.7 Å². The third kappa shape index (κ3) is 5.17. The predicted octanol–water partition coefficient (Wildman–Crippen LogP) is 5.55. The van der Waals surface area contributed by atoms with Crippen molar-refractivity contribution in [3.05, 3.63) is 119 Å². The minimum absolute atomic E-state index is 0.655. The molecule has 0 aliphatic carbocycles. The van der Waals surface area contributed by atoms with Gasteiger partial charge in [0.2, 0.25) is 0 Å². The first kappa shape index (κ1) is 20.3. The summed E-state index contributed by atoms with van der Waals surface area (Å²) in [6.45, 7) is 0. The first-order valence-electron chi connectivity index (χ1n) is 9.79. The van der Waals surface area contributed by atoms with Gasteiger partial charge in [-0.3, -0.25) is 9.97 Å². The van der Waals surface area contributed by atoms with Crippen LogP contribution in [-0.2, 0) is 12.8 Å². The van der Waals surface area contributed by atoms with Crippen molar-refractivity contribution < 1.29 is 0 Å². The Kier molecular flexibility index (Phi) is 6.38. The fourth-order valence-corrected chi connectivity index (χ4v) is 4.21. The first-order chi connectivity index (χ1) is 15.2. The molecule has 0 radical (unpaired) electrons. The third-order valence-corrected chi connectivity index (χ3v) is 6.01. The van der Waals surface area contributed by atoms with E-state index in [1.54, 1.807) is 11.8 Å². The maximum Gasteiger partial charge on any atom is 0.0991 e. The summed E-state index contributed by atoms with van der Waals surface area (Å²) in [4.78, 5) is 11.4. The summed E-state index contributed by atoms with van der Waals surface area (Å²) in [6, 6.07) is 27.6. The van der Waals surface area contributed by atoms with Crippen LogP contribution in [-0.4, -0.2) is 9.97 Å². The molecule has 0 bridgehead atoms. The molecule has 0 N–H and O–H groups in total. The van der Waals surface area contributed by atoms with Crippen molar-refractivity contribution in [2.45, 2.75) is 22.6 Å². The average molecular weight is 419 g/mol. The summed E-state index contributed by atoms with van der Waals surface area (Å²) in [5.74, 6) is 0. The van der Waals surface area contributed by atoms with Crippen molar-refractivity contribution in [3.63, 3.8) is 0 Å². The molecule has 31 heavy (non-hydrogen) atoms. The molecular weight excluding hydrogens is 400 g/mol. The molecule has 0 fully saturated rings. The van der Waals surface area contributed by atoms with Gasteiger partial charge in [-0.15, -0.1) is 0 Å². The van der Waals surface area contributed by atoms with Gasteiger partial charge in [0.15, 0.2) is 0 Å². The Labute approximate surface area is 185 Å². The number of nitrogens with zero attached hydrogens (tertiary/aromatic N) is 4. The van der Waals surface area contributed by atoms with Crippen LogP contribution >= 0.6 is 11.8 Å². The van der Waals surface area contributed by atoms with E-state index in [2.05, 4.69) is 34.2 Å². The molecule has 0 aliphatic heterocycles. The molecule has 5 heteroatoms. The quantitative estimate of drug-likeness (QED) is 0.410. The second-order valence-electron chi connectivity index (χ2n) is 6.97. The highest BCUT2D eigenvalue weighted by atomic mass is 32.2. The highest BCUT2D eigenvalue weighted by Gasteiger charge is 2.11. The minimum atomic E-state index is 0.655. The smallest absolute Gasteiger partial charge is 0.0991 e. The first-order valence-corrected chi connectivity index (χ1v) is 10.6. The minimum Gasteiger partial charge on any atom is -0.260 e. The SMILES string of the molecule is N#Cc1ccc(Cc2ncccc2Sc2cccnc2Cc2ccc(C#N)cc2)cc1. The number of rotatable bonds is 6. The van der Waals surface area contributed by atoms with Gasteiger partial charge in [0.25, 0.3) is 0 Å². The van der Waals surface area contributed by atoms with E-state index < -0.39 is 0 Å². The predicted molar refractivity (Wildman–Crippen MR) is 121 cm³/mol. The molecule has 2 aromatic carbocycles. The zero-order valence-electron chi connectivity index (χ0n) is 16.7. The summed E-state index contributed by atoms with van der Waals surface area (Å²) >= 11 is 1.66. The van der Waals surface area contributed by atoms with Crippen molar-refractivity contribution in [3.8, 4) is 12.1 Å². The summed E-state index contributed by atoms with van der Waals surface area (Å²) in [5, 5.41) is 18.0. The van der Waals surface area contributed by atoms with Gasteiger partial charge in [0.1, 0.15) is 0 Å². The number of hydrogen-bond donors (Lipinski definition) is 0. The maximum atomic E-state index is 9.00. The molecule has 0 saturated heterocycles. The fourth-order valence-electron chi connectivity index (χ4n) is 3.20. The van der Waals surface area contributed by atoms with E-state index in [9.17, 15) is 0 Å². The van der Waals surface area contributed by atoms with Crippen LogP contribution in [0.2, 0.25) is 0 Å². The van der Waals surface area contributed by atoms with Gasteiger partial charge in [-0.2, -0.15) is 10.5 Å². The molecule has 0 spiro atoms. The average Bonchev–Trinajstić information content (AvgIpc) is 2.82. The molecule has 2 aromatic heterocycles. The van der Waals surface area contributed by atoms with Crippen LogP contribution < -0.4 is 0 Å². The Bertz CT molecular complexity index is 1170. The second-order valence-corrected chi connectivity index (χ2v) is 8.05. The van der Waals surface area contributed by atoms with Gasteiger partial charge in [-0.1, -0.05) is 36.0 Å². The molecule has 0 aliphatic rings. The summed E-state index contributed by atoms with van der Waals surface area (Å²) in [6.07, 6.45) is 5.01. The van der Waals surface area contributed by atoms with E-state index in [0.717, 1.165) is 32.3 Å². The highest BCUT2D eigenvalue weighted by Crippen LogP contribution is 2.33. The van der Waals surface area contributed by atoms with Crippen LogP contribution in [0, 0.1) is 22.7 Å². The van der Waals surface area contributed by atoms with E-state index in [1.807, 2.05) is 73.1 Å². The zero-order valence-corrected chi connectivity index (χ0v) is 17.5. The summed E-state index contributed by atoms with van der Waals surface area (Å²) < 4.78 is 0. The molecule has 4 nitrogen and oxygen atoms in total. The Morgan fingerprint density at radius 2 is 1.03 bits per heavy atom. The lowest BCUT2D eigenvalue weighted by Gasteiger charge is -2.11. The van der Waals surface area contributed by atoms with E-state index in [1.165, 1.54) is 0 Å². The monoisotopic (exact) mass is 418 g/mol. The molecule has 0 atom stereocenters. The molecule has 0 amide bonds. The van der Waals surface area contributed by atoms with Gasteiger partial charge in [-0.05, 0) is 59.7 Å². The largest absolute Gasteiger partial charge is 0.260 e. The van der Waals surface area contributed by atoms with E-state index >= 15 is 0 Å². The number of nitriles is 2. The second kappa shape index (κ2) is 9.71. The molecule has 2 heterocycles. The topological polar surface area (TPSA) is 73.4 Å². The normalized spacial score (nSPS) is 10.3. The van der Waals surface area contributed by atoms with Gasteiger partial charge in [-0.25, -0.2) is 0 Å². The van der Waals surface area contributed by atoms with E-state index in [4.69, 9.17) is 10.5 Å². The highest BCUT2D eigenvalue weighted by molar-refractivity contribution is 7.99. The summed E-state index contributed by atoms with van der Waals surface area (Å²) in [7, 11) is 0. The Balaban J connectivity index is 1.57. The molecule has 148 valence electrons. The lowest BCUT2D eigenvalue weighted by atomic mass is 10.1. The van der Waals surface area contributed by atoms with Crippen LogP contribution in [0.4, 0.5) is 0 Å². The van der Waals surface area contributed by atoms with E-state index in [-0.39, 0.29) is 0 Å². The molecular formula is C26H18N4S. The number of benzene rings is 2. The van der Waals surface area contributed by atoms with Crippen molar-refractivity contribution in [2.75, 3.05) is 0 Å². The van der Waals surface area contributed by atoms with Crippen LogP contribution in [0.3, 0.4) is 0 Å². The van der Waals surface area contributed by atoms with E-state index in [0.29, 0.717) is 24.0 Å². The fraction of sp³-hybridized carbons (Fsp3) is 0.0769. The van der Waals surface area contributed by atoms with Crippen LogP contribution in [0.25, 0.3) is 0 Å². The number of aromatic nitrogens is 2. The maximum absolute atomic E-state index is 9.00. The van der Waals surface area contributed by atoms with Gasteiger partial charge >= 0.3 is 0 Å². The molecule has 0 unspecified atom stereocenters. The van der Waals surface area contributed by atoms with Crippen molar-refractivity contribution >= 4 is 11.8 Å². The van der Waals surface area contributed by atoms with Crippen molar-refractivity contribution in [2.24, 2.45) is 0 Å². The van der Waals surface area contributed by atoms with Gasteiger partial charge < -0.3 is 0 Å². The third-order valence-electron chi connectivity index (χ3n) is 4.83. The lowest BCUT2D eigenvalue weighted by molar-refractivity contribution is 0.996. The number of hydrogen-bond acceptors (Lipinski definition) is 5. The van der Waals surface area contributed by atoms with Crippen LogP contribution in [0.15, 0.2) is 95.0 Å². The molecule has 4 rings (SSSR count). The molecule has 4 aromatic rings. The van der Waals surface area contributed by atoms with Crippen LogP contribution in [0.1, 0.15) is 33.6 Å². The standard InChI is InChI=1S/C26H18N4S/c27-17-21-9-5-19(6-10-21)15-23-25(3-1-13-29-23)31-26-4-2-14-30-24(26)16-20-7-11-22(18-28)12-8-20/h1-14H,15-16H2. The van der Waals surface area contributed by atoms with Gasteiger partial charge in [0, 0.05) is 35.0 Å². The Morgan fingerprint density at radius 1 is 0.613 bits per heavy atom. The van der Waals surface area contributed by atoms with Crippen molar-refractivity contribution in [1.29, 1.82) is 10.5 Å². The number of pyridine rings is 2. The van der Waals surface area contributed by atoms with Crippen LogP contribution in [0.5, 0.6) is 0 Å². The molecule has 0 saturated carbocycles. The Morgan fingerprint density at radius 3 is 1.42 bits per heavy atom. The lowest BCUT2D eigenvalue weighted by Crippen LogP contribution is -1.98. The van der Waals surface area contributed by atoms with Crippen molar-refractivity contribution in [1.82, 2.24) is 9.97 Å². The summed E-state index contributed by atoms with van der Waals surface area (Å²) in [5.41, 5.74) is 5.52.